The number of hydrogen-bond donors (Lipinski definition) is 1. The van der Waals surface area contributed by atoms with Gasteiger partial charge < -0.3 is 19.7 Å². The van der Waals surface area contributed by atoms with Gasteiger partial charge in [0.2, 0.25) is 5.91 Å². The van der Waals surface area contributed by atoms with Crippen molar-refractivity contribution in [3.63, 3.8) is 0 Å². The molecule has 1 aliphatic rings. The molecule has 0 radical (unpaired) electrons. The van der Waals surface area contributed by atoms with E-state index >= 15 is 0 Å². The summed E-state index contributed by atoms with van der Waals surface area (Å²) < 4.78 is 24.2. The highest BCUT2D eigenvalue weighted by Crippen LogP contribution is 2.34. The molecule has 0 saturated heterocycles. The minimum atomic E-state index is -0.791. The Labute approximate surface area is 198 Å². The van der Waals surface area contributed by atoms with E-state index in [2.05, 4.69) is 24.1 Å². The van der Waals surface area contributed by atoms with Gasteiger partial charge in [-0.3, -0.25) is 19.3 Å². The van der Waals surface area contributed by atoms with E-state index in [9.17, 15) is 18.8 Å². The van der Waals surface area contributed by atoms with E-state index in [1.165, 1.54) is 29.2 Å². The lowest BCUT2D eigenvalue weighted by atomic mass is 10.1. The number of nitrogens with zero attached hydrogens (tertiary/aromatic N) is 2. The highest BCUT2D eigenvalue weighted by Gasteiger charge is 2.33. The third-order valence-corrected chi connectivity index (χ3v) is 5.71. The van der Waals surface area contributed by atoms with Gasteiger partial charge in [0.05, 0.1) is 5.69 Å². The van der Waals surface area contributed by atoms with Gasteiger partial charge in [0.15, 0.2) is 19.0 Å². The van der Waals surface area contributed by atoms with E-state index in [0.29, 0.717) is 24.5 Å². The number of benzene rings is 2. The zero-order valence-electron chi connectivity index (χ0n) is 19.7. The minimum Gasteiger partial charge on any atom is -0.485 e. The Hall–Kier alpha value is -3.46. The maximum atomic E-state index is 13.3. The van der Waals surface area contributed by atoms with E-state index in [1.54, 1.807) is 25.1 Å². The average molecular weight is 472 g/mol. The second-order valence-electron chi connectivity index (χ2n) is 7.90. The van der Waals surface area contributed by atoms with Crippen LogP contribution in [-0.4, -0.2) is 67.9 Å². The first-order valence-corrected chi connectivity index (χ1v) is 11.3. The number of anilines is 1. The van der Waals surface area contributed by atoms with Gasteiger partial charge in [0.1, 0.15) is 23.4 Å². The van der Waals surface area contributed by atoms with Gasteiger partial charge in [-0.15, -0.1) is 0 Å². The van der Waals surface area contributed by atoms with Gasteiger partial charge in [0, 0.05) is 24.7 Å². The number of carbonyl (C=O) groups is 3. The highest BCUT2D eigenvalue weighted by molar-refractivity contribution is 6.05. The Bertz CT molecular complexity index is 1040. The number of amides is 2. The lowest BCUT2D eigenvalue weighted by Crippen LogP contribution is -2.52. The van der Waals surface area contributed by atoms with E-state index in [-0.39, 0.29) is 42.1 Å². The van der Waals surface area contributed by atoms with Crippen molar-refractivity contribution >= 4 is 23.3 Å². The molecule has 1 unspecified atom stereocenters. The number of nitrogens with one attached hydrogen (secondary N) is 1. The van der Waals surface area contributed by atoms with E-state index in [0.717, 1.165) is 13.1 Å². The van der Waals surface area contributed by atoms with Crippen molar-refractivity contribution in [1.82, 2.24) is 10.2 Å². The highest BCUT2D eigenvalue weighted by atomic mass is 19.1. The molecule has 0 aliphatic carbocycles. The standard InChI is InChI=1S/C25H30FN3O5/c1-4-28(5-2)12-11-27-25(32)17(3)29-21-13-18(9-10-23(21)34-16-24(29)31)22(30)15-33-20-8-6-7-19(26)14-20/h6-10,13-14,17H,4-5,11-12,15-16H2,1-3H3,(H,27,32). The number of fused-ring (bicyclic) bond motifs is 1. The molecular formula is C25H30FN3O5. The quantitative estimate of drug-likeness (QED) is 0.507. The molecule has 2 aromatic rings. The van der Waals surface area contributed by atoms with Crippen LogP contribution in [0.25, 0.3) is 0 Å². The first kappa shape index (κ1) is 25.2. The van der Waals surface area contributed by atoms with Crippen LogP contribution in [0, 0.1) is 5.82 Å². The molecular weight excluding hydrogens is 441 g/mol. The SMILES string of the molecule is CCN(CC)CCNC(=O)C(C)N1C(=O)COc2ccc(C(=O)COc3cccc(F)c3)cc21. The molecule has 1 N–H and O–H groups in total. The zero-order chi connectivity index (χ0) is 24.7. The van der Waals surface area contributed by atoms with Crippen LogP contribution < -0.4 is 19.7 Å². The number of ether oxygens (including phenoxy) is 2. The summed E-state index contributed by atoms with van der Waals surface area (Å²) in [6.07, 6.45) is 0. The zero-order valence-corrected chi connectivity index (χ0v) is 19.7. The lowest BCUT2D eigenvalue weighted by molar-refractivity contribution is -0.127. The lowest BCUT2D eigenvalue weighted by Gasteiger charge is -2.33. The third kappa shape index (κ3) is 6.11. The predicted octanol–water partition coefficient (Wildman–Crippen LogP) is 2.66. The maximum absolute atomic E-state index is 13.3. The normalized spacial score (nSPS) is 13.8. The molecule has 8 nitrogen and oxygen atoms in total. The molecule has 0 saturated carbocycles. The summed E-state index contributed by atoms with van der Waals surface area (Å²) in [6, 6.07) is 9.40. The number of ketones is 1. The van der Waals surface area contributed by atoms with Crippen LogP contribution >= 0.6 is 0 Å². The molecule has 3 rings (SSSR count). The first-order chi connectivity index (χ1) is 16.3. The molecule has 34 heavy (non-hydrogen) atoms. The van der Waals surface area contributed by atoms with Crippen molar-refractivity contribution in [3.8, 4) is 11.5 Å². The van der Waals surface area contributed by atoms with E-state index in [4.69, 9.17) is 9.47 Å². The van der Waals surface area contributed by atoms with Crippen LogP contribution in [0.4, 0.5) is 10.1 Å². The first-order valence-electron chi connectivity index (χ1n) is 11.3. The summed E-state index contributed by atoms with van der Waals surface area (Å²) in [5.74, 6) is -0.846. The van der Waals surface area contributed by atoms with Crippen molar-refractivity contribution in [2.45, 2.75) is 26.8 Å². The van der Waals surface area contributed by atoms with Gasteiger partial charge in [-0.25, -0.2) is 4.39 Å². The molecule has 2 aromatic carbocycles. The molecule has 0 spiro atoms. The van der Waals surface area contributed by atoms with Crippen molar-refractivity contribution in [3.05, 3.63) is 53.8 Å². The Balaban J connectivity index is 1.71. The Morgan fingerprint density at radius 1 is 1.21 bits per heavy atom. The van der Waals surface area contributed by atoms with Gasteiger partial charge >= 0.3 is 0 Å². The number of rotatable bonds is 11. The largest absolute Gasteiger partial charge is 0.485 e. The molecule has 2 amide bonds. The monoisotopic (exact) mass is 471 g/mol. The van der Waals surface area contributed by atoms with Crippen LogP contribution in [0.1, 0.15) is 31.1 Å². The molecule has 1 atom stereocenters. The fourth-order valence-electron chi connectivity index (χ4n) is 3.70. The summed E-state index contributed by atoms with van der Waals surface area (Å²) in [7, 11) is 0. The maximum Gasteiger partial charge on any atom is 0.265 e. The molecule has 182 valence electrons. The molecule has 1 heterocycles. The second-order valence-corrected chi connectivity index (χ2v) is 7.90. The van der Waals surface area contributed by atoms with Gasteiger partial charge in [0.25, 0.3) is 5.91 Å². The third-order valence-electron chi connectivity index (χ3n) is 5.71. The minimum absolute atomic E-state index is 0.194. The van der Waals surface area contributed by atoms with Gasteiger partial charge in [-0.1, -0.05) is 19.9 Å². The number of carbonyl (C=O) groups excluding carboxylic acids is 3. The molecule has 0 fully saturated rings. The summed E-state index contributed by atoms with van der Waals surface area (Å²) in [4.78, 5) is 41.7. The van der Waals surface area contributed by atoms with Crippen LogP contribution in [0.3, 0.4) is 0 Å². The molecule has 9 heteroatoms. The van der Waals surface area contributed by atoms with Gasteiger partial charge in [-0.05, 0) is 50.3 Å². The van der Waals surface area contributed by atoms with Crippen LogP contribution in [0.5, 0.6) is 11.5 Å². The molecule has 1 aliphatic heterocycles. The fraction of sp³-hybridized carbons (Fsp3) is 0.400. The number of likely N-dealkylation sites (N-methyl/N-ethyl adjacent to an activating group) is 1. The second kappa shape index (κ2) is 11.6. The Morgan fingerprint density at radius 3 is 2.68 bits per heavy atom. The van der Waals surface area contributed by atoms with Crippen molar-refractivity contribution in [2.75, 3.05) is 44.3 Å². The summed E-state index contributed by atoms with van der Waals surface area (Å²) in [5, 5.41) is 2.88. The number of hydrogen-bond acceptors (Lipinski definition) is 6. The van der Waals surface area contributed by atoms with E-state index < -0.39 is 11.9 Å². The molecule has 0 bridgehead atoms. The van der Waals surface area contributed by atoms with Gasteiger partial charge in [-0.2, -0.15) is 0 Å². The smallest absolute Gasteiger partial charge is 0.265 e. The number of halogens is 1. The Kier molecular flexibility index (Phi) is 8.59. The predicted molar refractivity (Wildman–Crippen MR) is 126 cm³/mol. The van der Waals surface area contributed by atoms with Crippen LogP contribution in [0.2, 0.25) is 0 Å². The van der Waals surface area contributed by atoms with E-state index in [1.807, 2.05) is 0 Å². The topological polar surface area (TPSA) is 88.2 Å². The van der Waals surface area contributed by atoms with Crippen molar-refractivity contribution in [1.29, 1.82) is 0 Å². The van der Waals surface area contributed by atoms with Crippen molar-refractivity contribution in [2.24, 2.45) is 0 Å². The summed E-state index contributed by atoms with van der Waals surface area (Å²) in [5.41, 5.74) is 0.631. The van der Waals surface area contributed by atoms with Crippen LogP contribution in [0.15, 0.2) is 42.5 Å². The Morgan fingerprint density at radius 2 is 1.97 bits per heavy atom. The number of Topliss-reactive ketones (excluding diaryl/α,β-unsaturated/α-hetero) is 1. The summed E-state index contributed by atoms with van der Waals surface area (Å²) in [6.45, 7) is 8.20. The average Bonchev–Trinajstić information content (AvgIpc) is 2.84. The molecule has 0 aromatic heterocycles. The fourth-order valence-corrected chi connectivity index (χ4v) is 3.70. The summed E-state index contributed by atoms with van der Waals surface area (Å²) >= 11 is 0. The van der Waals surface area contributed by atoms with Crippen molar-refractivity contribution < 1.29 is 28.2 Å². The van der Waals surface area contributed by atoms with Crippen LogP contribution in [-0.2, 0) is 9.59 Å².